The zero-order chi connectivity index (χ0) is 15.7. The van der Waals surface area contributed by atoms with E-state index in [-0.39, 0.29) is 31.7 Å². The van der Waals surface area contributed by atoms with Gasteiger partial charge in [-0.05, 0) is 24.0 Å². The van der Waals surface area contributed by atoms with Gasteiger partial charge < -0.3 is 5.11 Å². The molecule has 0 bridgehead atoms. The van der Waals surface area contributed by atoms with Gasteiger partial charge in [-0.1, -0.05) is 44.0 Å². The third kappa shape index (κ3) is 4.36. The first-order valence-corrected chi connectivity index (χ1v) is 8.30. The summed E-state index contributed by atoms with van der Waals surface area (Å²) in [5.41, 5.74) is -0.424. The Labute approximate surface area is 128 Å². The summed E-state index contributed by atoms with van der Waals surface area (Å²) in [5.74, 6) is -1.39. The predicted molar refractivity (Wildman–Crippen MR) is 79.5 cm³/mol. The summed E-state index contributed by atoms with van der Waals surface area (Å²) in [6.07, 6.45) is 0.441. The second kappa shape index (κ2) is 5.92. The van der Waals surface area contributed by atoms with E-state index in [1.807, 2.05) is 20.8 Å². The lowest BCUT2D eigenvalue weighted by molar-refractivity contribution is 0.0697. The molecule has 0 aromatic heterocycles. The number of rotatable bonds is 4. The number of halogens is 2. The van der Waals surface area contributed by atoms with Gasteiger partial charge in [0.2, 0.25) is 0 Å². The van der Waals surface area contributed by atoms with E-state index in [0.717, 1.165) is 12.1 Å². The van der Waals surface area contributed by atoms with Gasteiger partial charge in [0.05, 0.1) is 26.3 Å². The van der Waals surface area contributed by atoms with Crippen LogP contribution in [0.15, 0.2) is 17.0 Å². The van der Waals surface area contributed by atoms with Crippen molar-refractivity contribution in [3.8, 4) is 0 Å². The minimum Gasteiger partial charge on any atom is -0.478 e. The molecule has 0 heterocycles. The van der Waals surface area contributed by atoms with Crippen LogP contribution in [0.3, 0.4) is 0 Å². The van der Waals surface area contributed by atoms with Crippen LogP contribution in [0.25, 0.3) is 0 Å². The Kier molecular flexibility index (Phi) is 5.11. The highest BCUT2D eigenvalue weighted by atomic mass is 35.5. The Hall–Kier alpha value is -0.780. The Morgan fingerprint density at radius 2 is 1.75 bits per heavy atom. The van der Waals surface area contributed by atoms with E-state index in [9.17, 15) is 13.2 Å². The molecule has 0 aliphatic rings. The van der Waals surface area contributed by atoms with Crippen LogP contribution < -0.4 is 0 Å². The van der Waals surface area contributed by atoms with Crippen molar-refractivity contribution in [1.82, 2.24) is 0 Å². The Bertz CT molecular complexity index is 631. The molecule has 1 aromatic carbocycles. The van der Waals surface area contributed by atoms with Crippen molar-refractivity contribution in [2.45, 2.75) is 32.1 Å². The fourth-order valence-corrected chi connectivity index (χ4v) is 4.05. The first kappa shape index (κ1) is 17.3. The minimum absolute atomic E-state index is 0.0612. The van der Waals surface area contributed by atoms with Gasteiger partial charge in [-0.3, -0.25) is 0 Å². The van der Waals surface area contributed by atoms with Crippen molar-refractivity contribution in [2.24, 2.45) is 5.41 Å². The lowest BCUT2D eigenvalue weighted by Crippen LogP contribution is -2.16. The summed E-state index contributed by atoms with van der Waals surface area (Å²) in [6.45, 7) is 5.78. The summed E-state index contributed by atoms with van der Waals surface area (Å²) in [6, 6.07) is 2.17. The van der Waals surface area contributed by atoms with Gasteiger partial charge >= 0.3 is 5.97 Å². The van der Waals surface area contributed by atoms with Crippen molar-refractivity contribution in [1.29, 1.82) is 0 Å². The molecule has 0 aliphatic carbocycles. The Morgan fingerprint density at radius 1 is 1.20 bits per heavy atom. The summed E-state index contributed by atoms with van der Waals surface area (Å²) >= 11 is 11.6. The maximum atomic E-state index is 12.3. The molecule has 0 fully saturated rings. The second-order valence-electron chi connectivity index (χ2n) is 5.70. The van der Waals surface area contributed by atoms with Crippen LogP contribution in [0, 0.1) is 5.41 Å². The van der Waals surface area contributed by atoms with Gasteiger partial charge in [-0.25, -0.2) is 13.2 Å². The zero-order valence-electron chi connectivity index (χ0n) is 11.4. The summed E-state index contributed by atoms with van der Waals surface area (Å²) in [5, 5.41) is 8.84. The molecular formula is C13H16Cl2O4S. The third-order valence-corrected chi connectivity index (χ3v) is 5.19. The first-order valence-electron chi connectivity index (χ1n) is 5.89. The van der Waals surface area contributed by atoms with Crippen LogP contribution in [0.4, 0.5) is 0 Å². The van der Waals surface area contributed by atoms with E-state index < -0.39 is 15.8 Å². The molecule has 0 spiro atoms. The maximum Gasteiger partial charge on any atom is 0.337 e. The van der Waals surface area contributed by atoms with Crippen molar-refractivity contribution < 1.29 is 18.3 Å². The monoisotopic (exact) mass is 338 g/mol. The Morgan fingerprint density at radius 3 is 2.20 bits per heavy atom. The molecule has 20 heavy (non-hydrogen) atoms. The molecule has 1 aromatic rings. The fourth-order valence-electron chi connectivity index (χ4n) is 1.48. The van der Waals surface area contributed by atoms with E-state index in [0.29, 0.717) is 6.42 Å². The van der Waals surface area contributed by atoms with Gasteiger partial charge in [0.25, 0.3) is 0 Å². The number of hydrogen-bond acceptors (Lipinski definition) is 3. The van der Waals surface area contributed by atoms with Crippen molar-refractivity contribution in [3.63, 3.8) is 0 Å². The number of carboxylic acid groups (broad SMARTS) is 1. The van der Waals surface area contributed by atoms with Gasteiger partial charge in [-0.2, -0.15) is 0 Å². The largest absolute Gasteiger partial charge is 0.478 e. The van der Waals surface area contributed by atoms with E-state index >= 15 is 0 Å². The summed E-state index contributed by atoms with van der Waals surface area (Å²) in [4.78, 5) is 10.8. The Balaban J connectivity index is 3.25. The summed E-state index contributed by atoms with van der Waals surface area (Å²) < 4.78 is 24.5. The van der Waals surface area contributed by atoms with Crippen molar-refractivity contribution in [3.05, 3.63) is 27.7 Å². The molecule has 0 saturated carbocycles. The summed E-state index contributed by atoms with van der Waals surface area (Å²) in [7, 11) is -3.65. The molecular weight excluding hydrogens is 323 g/mol. The molecule has 0 atom stereocenters. The molecule has 1 rings (SSSR count). The number of carbonyl (C=O) groups is 1. The van der Waals surface area contributed by atoms with Crippen LogP contribution >= 0.6 is 23.2 Å². The zero-order valence-corrected chi connectivity index (χ0v) is 13.7. The standard InChI is InChI=1S/C13H16Cl2O4S/c1-13(2,3)4-5-20(18,19)11-6-8(12(16)17)9(14)7-10(11)15/h6-7H,4-5H2,1-3H3,(H,16,17). The molecule has 0 saturated heterocycles. The van der Waals surface area contributed by atoms with E-state index in [2.05, 4.69) is 0 Å². The maximum absolute atomic E-state index is 12.3. The highest BCUT2D eigenvalue weighted by molar-refractivity contribution is 7.91. The third-order valence-electron chi connectivity index (χ3n) is 2.71. The van der Waals surface area contributed by atoms with Gasteiger partial charge in [0, 0.05) is 0 Å². The average molecular weight is 339 g/mol. The minimum atomic E-state index is -3.65. The number of aromatic carboxylic acids is 1. The van der Waals surface area contributed by atoms with Gasteiger partial charge in [0.1, 0.15) is 0 Å². The van der Waals surface area contributed by atoms with Gasteiger partial charge in [0.15, 0.2) is 9.84 Å². The van der Waals surface area contributed by atoms with Gasteiger partial charge in [-0.15, -0.1) is 0 Å². The van der Waals surface area contributed by atoms with Crippen molar-refractivity contribution in [2.75, 3.05) is 5.75 Å². The molecule has 112 valence electrons. The van der Waals surface area contributed by atoms with Crippen LogP contribution in [0.5, 0.6) is 0 Å². The van der Waals surface area contributed by atoms with E-state index in [1.165, 1.54) is 0 Å². The SMILES string of the molecule is CC(C)(C)CCS(=O)(=O)c1cc(C(=O)O)c(Cl)cc1Cl. The molecule has 0 aliphatic heterocycles. The van der Waals surface area contributed by atoms with E-state index in [4.69, 9.17) is 28.3 Å². The number of carboxylic acids is 1. The van der Waals surface area contributed by atoms with E-state index in [1.54, 1.807) is 0 Å². The van der Waals surface area contributed by atoms with Crippen LogP contribution in [0.1, 0.15) is 37.6 Å². The lowest BCUT2D eigenvalue weighted by atomic mass is 9.94. The molecule has 1 N–H and O–H groups in total. The van der Waals surface area contributed by atoms with Crippen LogP contribution in [-0.4, -0.2) is 25.2 Å². The number of hydrogen-bond donors (Lipinski definition) is 1. The molecule has 4 nitrogen and oxygen atoms in total. The predicted octanol–water partition coefficient (Wildman–Crippen LogP) is 3.90. The second-order valence-corrected chi connectivity index (χ2v) is 8.59. The number of sulfone groups is 1. The highest BCUT2D eigenvalue weighted by Crippen LogP contribution is 2.31. The quantitative estimate of drug-likeness (QED) is 0.903. The lowest BCUT2D eigenvalue weighted by Gasteiger charge is -2.18. The van der Waals surface area contributed by atoms with Crippen LogP contribution in [0.2, 0.25) is 10.0 Å². The smallest absolute Gasteiger partial charge is 0.337 e. The fraction of sp³-hybridized carbons (Fsp3) is 0.462. The van der Waals surface area contributed by atoms with Crippen molar-refractivity contribution >= 4 is 39.0 Å². The molecule has 0 unspecified atom stereocenters. The normalized spacial score (nSPS) is 12.4. The average Bonchev–Trinajstić information content (AvgIpc) is 2.24. The molecule has 0 radical (unpaired) electrons. The molecule has 0 amide bonds. The highest BCUT2D eigenvalue weighted by Gasteiger charge is 2.24. The van der Waals surface area contributed by atoms with Crippen LogP contribution in [-0.2, 0) is 9.84 Å². The molecule has 7 heteroatoms. The topological polar surface area (TPSA) is 71.4 Å². The number of benzene rings is 1. The first-order chi connectivity index (χ1) is 8.94.